The summed E-state index contributed by atoms with van der Waals surface area (Å²) >= 11 is 11.7. The Morgan fingerprint density at radius 2 is 1.91 bits per heavy atom. The van der Waals surface area contributed by atoms with Gasteiger partial charge in [-0.3, -0.25) is 18.8 Å². The normalized spacial score (nSPS) is 11.1. The molecule has 0 atom stereocenters. The number of halogens is 2. The number of furan rings is 1. The fourth-order valence-corrected chi connectivity index (χ4v) is 3.46. The largest absolute Gasteiger partial charge is 0.458 e. The lowest BCUT2D eigenvalue weighted by molar-refractivity contribution is -0.136. The Kier molecular flexibility index (Phi) is 7.14. The molecule has 3 N–H and O–H groups in total. The van der Waals surface area contributed by atoms with E-state index in [-0.39, 0.29) is 11.6 Å². The van der Waals surface area contributed by atoms with E-state index in [0.29, 0.717) is 39.3 Å². The van der Waals surface area contributed by atoms with Gasteiger partial charge in [0.25, 0.3) is 5.91 Å². The lowest BCUT2D eigenvalue weighted by Crippen LogP contribution is -2.34. The van der Waals surface area contributed by atoms with Crippen molar-refractivity contribution >= 4 is 58.5 Å². The van der Waals surface area contributed by atoms with Crippen LogP contribution in [0.25, 0.3) is 5.65 Å². The van der Waals surface area contributed by atoms with Gasteiger partial charge in [0.1, 0.15) is 22.9 Å². The van der Waals surface area contributed by atoms with Gasteiger partial charge in [-0.15, -0.1) is 0 Å². The Morgan fingerprint density at radius 3 is 2.71 bits per heavy atom. The lowest BCUT2D eigenvalue weighted by Gasteiger charge is -2.06. The summed E-state index contributed by atoms with van der Waals surface area (Å²) in [4.78, 5) is 41.0. The number of nitrogens with one attached hydrogen (secondary N) is 3. The first-order valence-corrected chi connectivity index (χ1v) is 11.0. The van der Waals surface area contributed by atoms with Crippen LogP contribution in [0.5, 0.6) is 0 Å². The van der Waals surface area contributed by atoms with Gasteiger partial charge >= 0.3 is 11.8 Å². The van der Waals surface area contributed by atoms with Crippen molar-refractivity contribution in [3.05, 3.63) is 87.7 Å². The minimum absolute atomic E-state index is 0.0329. The number of anilines is 1. The van der Waals surface area contributed by atoms with Gasteiger partial charge in [0.05, 0.1) is 28.5 Å². The zero-order chi connectivity index (χ0) is 24.9. The van der Waals surface area contributed by atoms with Crippen molar-refractivity contribution in [3.63, 3.8) is 0 Å². The van der Waals surface area contributed by atoms with Crippen molar-refractivity contribution in [2.45, 2.75) is 13.5 Å². The SMILES string of the molecule is Cc1nc2ccccn2c1C(=O)N/N=C/c1ccc(CNC(=O)C(=O)Nc2ccc(Cl)c(Cl)c2)o1. The fraction of sp³-hybridized carbons (Fsp3) is 0.0870. The molecule has 0 saturated carbocycles. The van der Waals surface area contributed by atoms with Crippen LogP contribution in [0.3, 0.4) is 0 Å². The highest BCUT2D eigenvalue weighted by Gasteiger charge is 2.16. The number of imidazole rings is 1. The molecule has 3 heterocycles. The summed E-state index contributed by atoms with van der Waals surface area (Å²) in [7, 11) is 0. The van der Waals surface area contributed by atoms with Crippen molar-refractivity contribution in [2.24, 2.45) is 5.10 Å². The molecule has 35 heavy (non-hydrogen) atoms. The standard InChI is InChI=1S/C23H18Cl2N6O4/c1-13-20(31-9-3-2-4-19(31)28-13)21(32)30-27-12-16-7-6-15(35-16)11-26-22(33)23(34)29-14-5-8-17(24)18(25)10-14/h2-10,12H,11H2,1H3,(H,26,33)(H,29,34)(H,30,32)/b27-12+. The molecule has 4 rings (SSSR count). The van der Waals surface area contributed by atoms with E-state index in [1.165, 1.54) is 24.4 Å². The van der Waals surface area contributed by atoms with Crippen LogP contribution in [-0.2, 0) is 16.1 Å². The van der Waals surface area contributed by atoms with Crippen molar-refractivity contribution in [1.29, 1.82) is 0 Å². The molecule has 0 bridgehead atoms. The van der Waals surface area contributed by atoms with Gasteiger partial charge in [-0.1, -0.05) is 29.3 Å². The van der Waals surface area contributed by atoms with Gasteiger partial charge in [0.15, 0.2) is 0 Å². The summed E-state index contributed by atoms with van der Waals surface area (Å²) < 4.78 is 7.20. The second kappa shape index (κ2) is 10.4. The number of pyridine rings is 1. The number of carbonyl (C=O) groups is 3. The smallest absolute Gasteiger partial charge is 0.313 e. The van der Waals surface area contributed by atoms with E-state index in [2.05, 4.69) is 26.1 Å². The van der Waals surface area contributed by atoms with E-state index in [1.54, 1.807) is 41.8 Å². The van der Waals surface area contributed by atoms with Crippen LogP contribution in [0.15, 0.2) is 64.2 Å². The minimum Gasteiger partial charge on any atom is -0.458 e. The Labute approximate surface area is 208 Å². The first-order valence-electron chi connectivity index (χ1n) is 10.2. The maximum atomic E-state index is 12.5. The Balaban J connectivity index is 1.29. The minimum atomic E-state index is -0.873. The summed E-state index contributed by atoms with van der Waals surface area (Å²) in [6.07, 6.45) is 3.06. The van der Waals surface area contributed by atoms with Gasteiger partial charge in [-0.05, 0) is 49.4 Å². The molecule has 0 radical (unpaired) electrons. The molecular weight excluding hydrogens is 495 g/mol. The average Bonchev–Trinajstić information content (AvgIpc) is 3.42. The monoisotopic (exact) mass is 512 g/mol. The van der Waals surface area contributed by atoms with Gasteiger partial charge in [-0.2, -0.15) is 5.10 Å². The van der Waals surface area contributed by atoms with E-state index in [1.807, 2.05) is 6.07 Å². The predicted octanol–water partition coefficient (Wildman–Crippen LogP) is 3.56. The van der Waals surface area contributed by atoms with E-state index < -0.39 is 17.7 Å². The summed E-state index contributed by atoms with van der Waals surface area (Å²) in [5.74, 6) is -1.44. The van der Waals surface area contributed by atoms with Gasteiger partial charge in [0, 0.05) is 11.9 Å². The van der Waals surface area contributed by atoms with E-state index >= 15 is 0 Å². The maximum Gasteiger partial charge on any atom is 0.313 e. The number of hydrazone groups is 1. The number of hydrogen-bond donors (Lipinski definition) is 3. The van der Waals surface area contributed by atoms with Crippen molar-refractivity contribution in [1.82, 2.24) is 20.1 Å². The Morgan fingerprint density at radius 1 is 1.09 bits per heavy atom. The second-order valence-corrected chi connectivity index (χ2v) is 8.06. The molecule has 1 aromatic carbocycles. The quantitative estimate of drug-likeness (QED) is 0.206. The number of rotatable bonds is 6. The number of aromatic nitrogens is 2. The molecule has 178 valence electrons. The average molecular weight is 513 g/mol. The Bertz CT molecular complexity index is 1460. The number of carbonyl (C=O) groups excluding carboxylic acids is 3. The summed E-state index contributed by atoms with van der Waals surface area (Å²) in [5, 5.41) is 9.36. The summed E-state index contributed by atoms with van der Waals surface area (Å²) in [6, 6.07) is 13.1. The fourth-order valence-electron chi connectivity index (χ4n) is 3.16. The maximum absolute atomic E-state index is 12.5. The number of fused-ring (bicyclic) bond motifs is 1. The lowest BCUT2D eigenvalue weighted by atomic mass is 10.3. The number of amides is 3. The zero-order valence-corrected chi connectivity index (χ0v) is 19.7. The molecule has 4 aromatic rings. The van der Waals surface area contributed by atoms with Crippen LogP contribution in [0, 0.1) is 6.92 Å². The molecule has 0 saturated heterocycles. The Hall–Kier alpha value is -4.15. The molecule has 10 nitrogen and oxygen atoms in total. The summed E-state index contributed by atoms with van der Waals surface area (Å²) in [5.41, 5.74) is 4.37. The molecule has 0 aliphatic carbocycles. The van der Waals surface area contributed by atoms with Crippen LogP contribution >= 0.6 is 23.2 Å². The van der Waals surface area contributed by atoms with Crippen LogP contribution in [0.2, 0.25) is 10.0 Å². The number of aryl methyl sites for hydroxylation is 1. The molecule has 0 unspecified atom stereocenters. The first kappa shape index (κ1) is 24.0. The van der Waals surface area contributed by atoms with Crippen LogP contribution in [-0.4, -0.2) is 33.3 Å². The summed E-state index contributed by atoms with van der Waals surface area (Å²) in [6.45, 7) is 1.71. The van der Waals surface area contributed by atoms with Crippen LogP contribution in [0.1, 0.15) is 27.7 Å². The first-order chi connectivity index (χ1) is 16.8. The number of hydrogen-bond acceptors (Lipinski definition) is 6. The highest BCUT2D eigenvalue weighted by atomic mass is 35.5. The zero-order valence-electron chi connectivity index (χ0n) is 18.2. The topological polar surface area (TPSA) is 130 Å². The van der Waals surface area contributed by atoms with Gasteiger partial charge in [-0.25, -0.2) is 10.4 Å². The molecule has 0 spiro atoms. The molecule has 0 aliphatic heterocycles. The van der Waals surface area contributed by atoms with Gasteiger partial charge < -0.3 is 15.1 Å². The molecule has 0 aliphatic rings. The third-order valence-electron chi connectivity index (χ3n) is 4.77. The number of benzene rings is 1. The molecule has 3 aromatic heterocycles. The molecular formula is C23H18Cl2N6O4. The van der Waals surface area contributed by atoms with Crippen molar-refractivity contribution < 1.29 is 18.8 Å². The third-order valence-corrected chi connectivity index (χ3v) is 5.51. The molecule has 0 fully saturated rings. The van der Waals surface area contributed by atoms with Crippen LogP contribution < -0.4 is 16.1 Å². The number of nitrogens with zero attached hydrogens (tertiary/aromatic N) is 3. The highest BCUT2D eigenvalue weighted by molar-refractivity contribution is 6.42. The van der Waals surface area contributed by atoms with Crippen molar-refractivity contribution in [3.8, 4) is 0 Å². The molecule has 3 amide bonds. The van der Waals surface area contributed by atoms with Crippen molar-refractivity contribution in [2.75, 3.05) is 5.32 Å². The van der Waals surface area contributed by atoms with E-state index in [9.17, 15) is 14.4 Å². The third kappa shape index (κ3) is 5.68. The van der Waals surface area contributed by atoms with E-state index in [4.69, 9.17) is 27.6 Å². The molecule has 12 heteroatoms. The predicted molar refractivity (Wildman–Crippen MR) is 131 cm³/mol. The van der Waals surface area contributed by atoms with Crippen LogP contribution in [0.4, 0.5) is 5.69 Å². The van der Waals surface area contributed by atoms with Gasteiger partial charge in [0.2, 0.25) is 0 Å². The highest BCUT2D eigenvalue weighted by Crippen LogP contribution is 2.24. The van der Waals surface area contributed by atoms with E-state index in [0.717, 1.165) is 0 Å². The second-order valence-electron chi connectivity index (χ2n) is 7.24.